The topological polar surface area (TPSA) is 84.0 Å². The van der Waals surface area contributed by atoms with Crippen LogP contribution in [0.15, 0.2) is 59.3 Å². The van der Waals surface area contributed by atoms with Crippen LogP contribution in [0, 0.1) is 0 Å². The molecule has 0 aliphatic carbocycles. The predicted molar refractivity (Wildman–Crippen MR) is 122 cm³/mol. The van der Waals surface area contributed by atoms with E-state index in [1.165, 1.54) is 22.7 Å². The van der Waals surface area contributed by atoms with Crippen LogP contribution >= 0.6 is 45.9 Å². The summed E-state index contributed by atoms with van der Waals surface area (Å²) < 4.78 is 0. The molecule has 0 radical (unpaired) electrons. The van der Waals surface area contributed by atoms with Crippen molar-refractivity contribution in [1.82, 2.24) is 9.97 Å². The summed E-state index contributed by atoms with van der Waals surface area (Å²) in [5.41, 5.74) is 2.18. The fraction of sp³-hybridized carbons (Fsp3) is 0. The Labute approximate surface area is 189 Å². The van der Waals surface area contributed by atoms with E-state index in [2.05, 4.69) is 20.6 Å². The van der Waals surface area contributed by atoms with Crippen LogP contribution < -0.4 is 10.6 Å². The van der Waals surface area contributed by atoms with E-state index in [0.717, 1.165) is 0 Å². The molecular formula is C20H12Cl2N4O2S2. The van der Waals surface area contributed by atoms with E-state index in [-0.39, 0.29) is 11.8 Å². The van der Waals surface area contributed by atoms with Crippen molar-refractivity contribution in [2.24, 2.45) is 0 Å². The monoisotopic (exact) mass is 474 g/mol. The molecule has 2 N–H and O–H groups in total. The van der Waals surface area contributed by atoms with Crippen LogP contribution in [0.4, 0.5) is 10.3 Å². The fourth-order valence-corrected chi connectivity index (χ4v) is 4.09. The molecule has 10 heteroatoms. The maximum absolute atomic E-state index is 12.3. The maximum Gasteiger partial charge on any atom is 0.257 e. The number of anilines is 2. The third-order valence-corrected chi connectivity index (χ3v) is 5.94. The first-order valence-corrected chi connectivity index (χ1v) is 11.0. The molecule has 0 bridgehead atoms. The predicted octanol–water partition coefficient (Wildman–Crippen LogP) is 6.08. The normalized spacial score (nSPS) is 10.6. The van der Waals surface area contributed by atoms with Crippen LogP contribution in [0.5, 0.6) is 0 Å². The van der Waals surface area contributed by atoms with E-state index < -0.39 is 0 Å². The Morgan fingerprint density at radius 1 is 0.667 bits per heavy atom. The Hall–Kier alpha value is -2.78. The van der Waals surface area contributed by atoms with Crippen molar-refractivity contribution in [2.45, 2.75) is 0 Å². The van der Waals surface area contributed by atoms with Crippen LogP contribution in [0.2, 0.25) is 10.0 Å². The van der Waals surface area contributed by atoms with Gasteiger partial charge in [-0.05, 0) is 48.5 Å². The van der Waals surface area contributed by atoms with Crippen LogP contribution in [0.25, 0.3) is 11.4 Å². The minimum absolute atomic E-state index is 0.276. The van der Waals surface area contributed by atoms with Gasteiger partial charge in [0.05, 0.1) is 0 Å². The number of benzene rings is 2. The largest absolute Gasteiger partial charge is 0.298 e. The Morgan fingerprint density at radius 3 is 1.40 bits per heavy atom. The minimum atomic E-state index is -0.276. The van der Waals surface area contributed by atoms with Crippen molar-refractivity contribution in [3.05, 3.63) is 80.5 Å². The second-order valence-corrected chi connectivity index (χ2v) is 8.59. The molecule has 6 nitrogen and oxygen atoms in total. The summed E-state index contributed by atoms with van der Waals surface area (Å²) in [4.78, 5) is 33.4. The highest BCUT2D eigenvalue weighted by molar-refractivity contribution is 7.15. The molecule has 0 atom stereocenters. The van der Waals surface area contributed by atoms with Gasteiger partial charge in [0.1, 0.15) is 11.4 Å². The van der Waals surface area contributed by atoms with Gasteiger partial charge < -0.3 is 0 Å². The average molecular weight is 475 g/mol. The first kappa shape index (κ1) is 20.5. The molecule has 0 spiro atoms. The summed E-state index contributed by atoms with van der Waals surface area (Å²) >= 11 is 14.3. The van der Waals surface area contributed by atoms with Gasteiger partial charge in [0.25, 0.3) is 11.8 Å². The van der Waals surface area contributed by atoms with Crippen molar-refractivity contribution >= 4 is 68.0 Å². The molecule has 0 saturated carbocycles. The van der Waals surface area contributed by atoms with E-state index in [1.54, 1.807) is 59.3 Å². The van der Waals surface area contributed by atoms with Crippen LogP contribution in [-0.4, -0.2) is 21.8 Å². The lowest BCUT2D eigenvalue weighted by atomic mass is 10.2. The molecule has 4 rings (SSSR count). The Kier molecular flexibility index (Phi) is 6.10. The number of hydrogen-bond acceptors (Lipinski definition) is 6. The zero-order chi connectivity index (χ0) is 21.1. The molecule has 0 aliphatic heterocycles. The molecule has 2 aromatic heterocycles. The molecule has 30 heavy (non-hydrogen) atoms. The van der Waals surface area contributed by atoms with Crippen molar-refractivity contribution in [3.63, 3.8) is 0 Å². The summed E-state index contributed by atoms with van der Waals surface area (Å²) in [6.07, 6.45) is 0. The summed E-state index contributed by atoms with van der Waals surface area (Å²) in [5, 5.41) is 11.1. The van der Waals surface area contributed by atoms with Gasteiger partial charge in [0, 0.05) is 31.9 Å². The quantitative estimate of drug-likeness (QED) is 0.367. The maximum atomic E-state index is 12.3. The Morgan fingerprint density at radius 2 is 1.03 bits per heavy atom. The molecule has 2 aromatic carbocycles. The van der Waals surface area contributed by atoms with E-state index in [4.69, 9.17) is 23.2 Å². The van der Waals surface area contributed by atoms with Gasteiger partial charge in [-0.1, -0.05) is 23.2 Å². The van der Waals surface area contributed by atoms with Crippen LogP contribution in [0.3, 0.4) is 0 Å². The van der Waals surface area contributed by atoms with E-state index in [0.29, 0.717) is 42.8 Å². The number of thiazole rings is 2. The lowest BCUT2D eigenvalue weighted by Gasteiger charge is -2.01. The number of nitrogens with zero attached hydrogens (tertiary/aromatic N) is 2. The summed E-state index contributed by atoms with van der Waals surface area (Å²) in [6.45, 7) is 0. The van der Waals surface area contributed by atoms with Crippen molar-refractivity contribution in [2.75, 3.05) is 10.6 Å². The van der Waals surface area contributed by atoms with Gasteiger partial charge in [-0.2, -0.15) is 0 Å². The zero-order valence-electron chi connectivity index (χ0n) is 15.1. The standard InChI is InChI=1S/C20H12Cl2N4O2S2/c21-13-5-1-11(2-6-13)17(27)25-19-23-15(9-29-19)16-10-30-20(24-16)26-18(28)12-3-7-14(22)8-4-12/h1-10H,(H,23,25,27)(H,24,26,28). The van der Waals surface area contributed by atoms with Crippen molar-refractivity contribution < 1.29 is 9.59 Å². The third-order valence-electron chi connectivity index (χ3n) is 3.92. The van der Waals surface area contributed by atoms with E-state index >= 15 is 0 Å². The van der Waals surface area contributed by atoms with Gasteiger partial charge in [-0.15, -0.1) is 22.7 Å². The second-order valence-electron chi connectivity index (χ2n) is 6.00. The summed E-state index contributed by atoms with van der Waals surface area (Å²) in [5.74, 6) is -0.552. The Balaban J connectivity index is 1.42. The van der Waals surface area contributed by atoms with Gasteiger partial charge in [0.2, 0.25) is 0 Å². The third kappa shape index (κ3) is 4.85. The lowest BCUT2D eigenvalue weighted by molar-refractivity contribution is 0.101. The highest BCUT2D eigenvalue weighted by atomic mass is 35.5. The number of hydrogen-bond donors (Lipinski definition) is 2. The molecule has 4 aromatic rings. The number of halogens is 2. The van der Waals surface area contributed by atoms with Gasteiger partial charge in [-0.3, -0.25) is 20.2 Å². The zero-order valence-corrected chi connectivity index (χ0v) is 18.2. The molecular weight excluding hydrogens is 463 g/mol. The molecule has 0 unspecified atom stereocenters. The fourth-order valence-electron chi connectivity index (χ4n) is 2.44. The number of carbonyl (C=O) groups excluding carboxylic acids is 2. The molecule has 2 amide bonds. The number of amides is 2. The molecule has 150 valence electrons. The van der Waals surface area contributed by atoms with Gasteiger partial charge in [-0.25, -0.2) is 9.97 Å². The lowest BCUT2D eigenvalue weighted by Crippen LogP contribution is -2.11. The molecule has 0 aliphatic rings. The SMILES string of the molecule is O=C(Nc1nc(-c2csc(NC(=O)c3ccc(Cl)cc3)n2)cs1)c1ccc(Cl)cc1. The first-order chi connectivity index (χ1) is 14.5. The molecule has 0 fully saturated rings. The van der Waals surface area contributed by atoms with Crippen molar-refractivity contribution in [1.29, 1.82) is 0 Å². The van der Waals surface area contributed by atoms with Gasteiger partial charge >= 0.3 is 0 Å². The summed E-state index contributed by atoms with van der Waals surface area (Å²) in [6, 6.07) is 13.2. The van der Waals surface area contributed by atoms with Crippen LogP contribution in [-0.2, 0) is 0 Å². The molecule has 0 saturated heterocycles. The number of rotatable bonds is 5. The van der Waals surface area contributed by atoms with Crippen LogP contribution in [0.1, 0.15) is 20.7 Å². The smallest absolute Gasteiger partial charge is 0.257 e. The highest BCUT2D eigenvalue weighted by Crippen LogP contribution is 2.28. The number of nitrogens with one attached hydrogen (secondary N) is 2. The van der Waals surface area contributed by atoms with E-state index in [1.807, 2.05) is 0 Å². The highest BCUT2D eigenvalue weighted by Gasteiger charge is 2.14. The minimum Gasteiger partial charge on any atom is -0.298 e. The summed E-state index contributed by atoms with van der Waals surface area (Å²) in [7, 11) is 0. The Bertz CT molecular complexity index is 1110. The van der Waals surface area contributed by atoms with E-state index in [9.17, 15) is 9.59 Å². The second kappa shape index (κ2) is 8.93. The first-order valence-electron chi connectivity index (χ1n) is 8.53. The van der Waals surface area contributed by atoms with Crippen molar-refractivity contribution in [3.8, 4) is 11.4 Å². The molecule has 2 heterocycles. The number of aromatic nitrogens is 2. The van der Waals surface area contributed by atoms with Gasteiger partial charge in [0.15, 0.2) is 10.3 Å². The number of carbonyl (C=O) groups is 2. The average Bonchev–Trinajstić information content (AvgIpc) is 3.38.